The normalized spacial score (nSPS) is 14.4. The number of hydrogen-bond acceptors (Lipinski definition) is 6. The average Bonchev–Trinajstić information content (AvgIpc) is 3.15. The largest absolute Gasteiger partial charge is 0.467 e. The van der Waals surface area contributed by atoms with Crippen LogP contribution >= 0.6 is 0 Å². The maximum absolute atomic E-state index is 12.6. The van der Waals surface area contributed by atoms with Gasteiger partial charge < -0.3 is 14.8 Å². The standard InChI is InChI=1S/C18H21N3O4S/c1-13(10-20-12-17(22)18-3-2-8-25-18)21-26(23,24)16-5-4-15-11-19-7-6-14(15)9-16/h2-9,11,13,17,20-22H,10,12H2,1H3/t13-,17?/m1/s1. The highest BCUT2D eigenvalue weighted by Gasteiger charge is 2.18. The Kier molecular flexibility index (Phi) is 5.67. The van der Waals surface area contributed by atoms with Crippen LogP contribution in [0.3, 0.4) is 0 Å². The Morgan fingerprint density at radius 3 is 2.81 bits per heavy atom. The Labute approximate surface area is 152 Å². The van der Waals surface area contributed by atoms with Gasteiger partial charge in [-0.25, -0.2) is 13.1 Å². The molecular weight excluding hydrogens is 354 g/mol. The van der Waals surface area contributed by atoms with Gasteiger partial charge in [0.1, 0.15) is 11.9 Å². The van der Waals surface area contributed by atoms with Crippen LogP contribution < -0.4 is 10.0 Å². The third-order valence-corrected chi connectivity index (χ3v) is 5.53. The molecular formula is C18H21N3O4S. The average molecular weight is 375 g/mol. The molecule has 0 saturated carbocycles. The van der Waals surface area contributed by atoms with E-state index in [1.54, 1.807) is 55.7 Å². The molecule has 0 spiro atoms. The summed E-state index contributed by atoms with van der Waals surface area (Å²) >= 11 is 0. The number of aromatic nitrogens is 1. The topological polar surface area (TPSA) is 104 Å². The molecule has 2 aromatic heterocycles. The first-order valence-corrected chi connectivity index (χ1v) is 9.72. The molecule has 0 saturated heterocycles. The van der Waals surface area contributed by atoms with E-state index in [2.05, 4.69) is 15.0 Å². The Morgan fingerprint density at radius 2 is 2.04 bits per heavy atom. The molecule has 2 atom stereocenters. The van der Waals surface area contributed by atoms with E-state index in [-0.39, 0.29) is 17.5 Å². The lowest BCUT2D eigenvalue weighted by atomic mass is 10.2. The van der Waals surface area contributed by atoms with Gasteiger partial charge in [0.15, 0.2) is 0 Å². The van der Waals surface area contributed by atoms with E-state index in [1.807, 2.05) is 0 Å². The van der Waals surface area contributed by atoms with Crippen LogP contribution in [0, 0.1) is 0 Å². The molecule has 0 radical (unpaired) electrons. The summed E-state index contributed by atoms with van der Waals surface area (Å²) in [4.78, 5) is 4.23. The number of nitrogens with zero attached hydrogens (tertiary/aromatic N) is 1. The summed E-state index contributed by atoms with van der Waals surface area (Å²) in [6.07, 6.45) is 4.04. The number of nitrogens with one attached hydrogen (secondary N) is 2. The van der Waals surface area contributed by atoms with Crippen LogP contribution in [0.4, 0.5) is 0 Å². The molecule has 0 fully saturated rings. The van der Waals surface area contributed by atoms with E-state index in [9.17, 15) is 13.5 Å². The number of fused-ring (bicyclic) bond motifs is 1. The fraction of sp³-hybridized carbons (Fsp3) is 0.278. The van der Waals surface area contributed by atoms with E-state index in [0.717, 1.165) is 10.8 Å². The first-order valence-electron chi connectivity index (χ1n) is 8.24. The van der Waals surface area contributed by atoms with Gasteiger partial charge in [0.2, 0.25) is 10.0 Å². The number of aliphatic hydroxyl groups excluding tert-OH is 1. The zero-order valence-electron chi connectivity index (χ0n) is 14.3. The Hall–Kier alpha value is -2.26. The molecule has 0 amide bonds. The fourth-order valence-electron chi connectivity index (χ4n) is 2.62. The van der Waals surface area contributed by atoms with Crippen molar-refractivity contribution < 1.29 is 17.9 Å². The van der Waals surface area contributed by atoms with Gasteiger partial charge in [0, 0.05) is 36.9 Å². The van der Waals surface area contributed by atoms with E-state index < -0.39 is 16.1 Å². The minimum absolute atomic E-state index is 0.207. The van der Waals surface area contributed by atoms with E-state index in [0.29, 0.717) is 12.3 Å². The number of benzene rings is 1. The van der Waals surface area contributed by atoms with Gasteiger partial charge in [0.25, 0.3) is 0 Å². The fourth-order valence-corrected chi connectivity index (χ4v) is 3.90. The molecule has 8 heteroatoms. The second kappa shape index (κ2) is 7.96. The molecule has 138 valence electrons. The van der Waals surface area contributed by atoms with Gasteiger partial charge in [-0.3, -0.25) is 4.98 Å². The molecule has 0 aliphatic carbocycles. The van der Waals surface area contributed by atoms with Crippen LogP contribution in [0.25, 0.3) is 10.8 Å². The third kappa shape index (κ3) is 4.47. The van der Waals surface area contributed by atoms with Gasteiger partial charge in [-0.15, -0.1) is 0 Å². The Balaban J connectivity index is 1.57. The molecule has 1 unspecified atom stereocenters. The smallest absolute Gasteiger partial charge is 0.240 e. The lowest BCUT2D eigenvalue weighted by Gasteiger charge is -2.16. The molecule has 26 heavy (non-hydrogen) atoms. The summed E-state index contributed by atoms with van der Waals surface area (Å²) in [5.41, 5.74) is 0. The van der Waals surface area contributed by atoms with Crippen LogP contribution in [-0.2, 0) is 10.0 Å². The molecule has 3 aromatic rings. The van der Waals surface area contributed by atoms with E-state index >= 15 is 0 Å². The molecule has 0 bridgehead atoms. The van der Waals surface area contributed by atoms with Crippen molar-refractivity contribution in [1.82, 2.24) is 15.0 Å². The molecule has 7 nitrogen and oxygen atoms in total. The molecule has 0 aliphatic heterocycles. The second-order valence-corrected chi connectivity index (χ2v) is 7.81. The summed E-state index contributed by atoms with van der Waals surface area (Å²) in [6.45, 7) is 2.39. The SMILES string of the molecule is C[C@H](CNCC(O)c1ccco1)NS(=O)(=O)c1ccc2cnccc2c1. The highest BCUT2D eigenvalue weighted by Crippen LogP contribution is 2.18. The molecule has 1 aromatic carbocycles. The van der Waals surface area contributed by atoms with Gasteiger partial charge in [-0.05, 0) is 42.6 Å². The summed E-state index contributed by atoms with van der Waals surface area (Å²) < 4.78 is 32.9. The number of pyridine rings is 1. The first-order chi connectivity index (χ1) is 12.5. The van der Waals surface area contributed by atoms with Crippen LogP contribution in [0.2, 0.25) is 0 Å². The van der Waals surface area contributed by atoms with Crippen molar-refractivity contribution in [3.05, 3.63) is 60.8 Å². The summed E-state index contributed by atoms with van der Waals surface area (Å²) in [7, 11) is -3.64. The highest BCUT2D eigenvalue weighted by atomic mass is 32.2. The van der Waals surface area contributed by atoms with Crippen molar-refractivity contribution in [2.24, 2.45) is 0 Å². The van der Waals surface area contributed by atoms with Crippen LogP contribution in [0.15, 0.2) is 64.4 Å². The predicted octanol–water partition coefficient (Wildman–Crippen LogP) is 1.82. The second-order valence-electron chi connectivity index (χ2n) is 6.10. The van der Waals surface area contributed by atoms with E-state index in [1.165, 1.54) is 6.26 Å². The van der Waals surface area contributed by atoms with Crippen molar-refractivity contribution in [3.63, 3.8) is 0 Å². The Morgan fingerprint density at radius 1 is 1.19 bits per heavy atom. The van der Waals surface area contributed by atoms with Gasteiger partial charge >= 0.3 is 0 Å². The third-order valence-electron chi connectivity index (χ3n) is 3.94. The molecule has 3 rings (SSSR count). The zero-order chi connectivity index (χ0) is 18.6. The highest BCUT2D eigenvalue weighted by molar-refractivity contribution is 7.89. The molecule has 0 aliphatic rings. The number of aliphatic hydroxyl groups is 1. The maximum atomic E-state index is 12.6. The van der Waals surface area contributed by atoms with Crippen molar-refractivity contribution in [2.75, 3.05) is 13.1 Å². The minimum Gasteiger partial charge on any atom is -0.467 e. The van der Waals surface area contributed by atoms with Crippen molar-refractivity contribution in [3.8, 4) is 0 Å². The molecule has 3 N–H and O–H groups in total. The van der Waals surface area contributed by atoms with Crippen molar-refractivity contribution in [2.45, 2.75) is 24.0 Å². The first kappa shape index (κ1) is 18.5. The minimum atomic E-state index is -3.64. The number of hydrogen-bond donors (Lipinski definition) is 3. The maximum Gasteiger partial charge on any atom is 0.240 e. The Bertz CT molecular complexity index is 957. The van der Waals surface area contributed by atoms with E-state index in [4.69, 9.17) is 4.42 Å². The monoisotopic (exact) mass is 375 g/mol. The number of furan rings is 1. The van der Waals surface area contributed by atoms with Gasteiger partial charge in [-0.2, -0.15) is 0 Å². The summed E-state index contributed by atoms with van der Waals surface area (Å²) in [6, 6.07) is 9.74. The lowest BCUT2D eigenvalue weighted by molar-refractivity contribution is 0.147. The van der Waals surface area contributed by atoms with Crippen LogP contribution in [-0.4, -0.2) is 37.6 Å². The summed E-state index contributed by atoms with van der Waals surface area (Å²) in [5.74, 6) is 0.469. The lowest BCUT2D eigenvalue weighted by Crippen LogP contribution is -2.40. The van der Waals surface area contributed by atoms with Crippen molar-refractivity contribution >= 4 is 20.8 Å². The van der Waals surface area contributed by atoms with Crippen LogP contribution in [0.5, 0.6) is 0 Å². The van der Waals surface area contributed by atoms with Gasteiger partial charge in [0.05, 0.1) is 11.2 Å². The molecule has 2 heterocycles. The zero-order valence-corrected chi connectivity index (χ0v) is 15.1. The van der Waals surface area contributed by atoms with Crippen molar-refractivity contribution in [1.29, 1.82) is 0 Å². The quantitative estimate of drug-likeness (QED) is 0.555. The van der Waals surface area contributed by atoms with Gasteiger partial charge in [-0.1, -0.05) is 6.07 Å². The number of sulfonamides is 1. The van der Waals surface area contributed by atoms with Crippen LogP contribution in [0.1, 0.15) is 18.8 Å². The predicted molar refractivity (Wildman–Crippen MR) is 98.1 cm³/mol. The summed E-state index contributed by atoms with van der Waals surface area (Å²) in [5, 5.41) is 14.7. The number of rotatable bonds is 8.